The van der Waals surface area contributed by atoms with Gasteiger partial charge in [-0.25, -0.2) is 17.6 Å². The Balaban J connectivity index is 1.39. The molecular weight excluding hydrogens is 425 g/mol. The van der Waals surface area contributed by atoms with Gasteiger partial charge >= 0.3 is 6.09 Å². The maximum atomic E-state index is 14.5. The van der Waals surface area contributed by atoms with Crippen LogP contribution >= 0.6 is 0 Å². The third-order valence-electron chi connectivity index (χ3n) is 5.46. The van der Waals surface area contributed by atoms with Crippen LogP contribution in [0.15, 0.2) is 18.2 Å². The van der Waals surface area contributed by atoms with Gasteiger partial charge in [-0.3, -0.25) is 9.82 Å². The summed E-state index contributed by atoms with van der Waals surface area (Å²) in [5.74, 6) is 0.0332. The van der Waals surface area contributed by atoms with Gasteiger partial charge in [-0.2, -0.15) is 5.10 Å². The average Bonchev–Trinajstić information content (AvgIpc) is 3.30. The van der Waals surface area contributed by atoms with Gasteiger partial charge in [0.05, 0.1) is 17.1 Å². The van der Waals surface area contributed by atoms with Gasteiger partial charge in [-0.05, 0) is 51.2 Å². The van der Waals surface area contributed by atoms with Gasteiger partial charge < -0.3 is 15.4 Å². The van der Waals surface area contributed by atoms with Crippen molar-refractivity contribution in [3.05, 3.63) is 35.3 Å². The molecule has 0 bridgehead atoms. The van der Waals surface area contributed by atoms with E-state index in [4.69, 9.17) is 4.74 Å². The first-order valence-corrected chi connectivity index (χ1v) is 12.0. The normalized spacial score (nSPS) is 21.9. The lowest BCUT2D eigenvalue weighted by Gasteiger charge is -2.19. The molecule has 0 radical (unpaired) electrons. The molecule has 4 rings (SSSR count). The molecule has 0 saturated heterocycles. The quantitative estimate of drug-likeness (QED) is 0.552. The summed E-state index contributed by atoms with van der Waals surface area (Å²) in [5.41, 5.74) is 2.13. The van der Waals surface area contributed by atoms with E-state index in [9.17, 15) is 17.6 Å². The zero-order valence-corrected chi connectivity index (χ0v) is 18.2. The van der Waals surface area contributed by atoms with Gasteiger partial charge in [0.2, 0.25) is 10.0 Å². The topological polar surface area (TPSA) is 125 Å². The van der Waals surface area contributed by atoms with E-state index in [1.807, 2.05) is 19.9 Å². The third kappa shape index (κ3) is 5.09. The Bertz CT molecular complexity index is 1090. The minimum atomic E-state index is -3.40. The molecule has 2 atom stereocenters. The lowest BCUT2D eigenvalue weighted by molar-refractivity contribution is 0.0981. The van der Waals surface area contributed by atoms with E-state index in [2.05, 4.69) is 25.6 Å². The van der Waals surface area contributed by atoms with E-state index in [-0.39, 0.29) is 35.2 Å². The number of nitrogens with one attached hydrogen (secondary N) is 4. The Labute approximate surface area is 180 Å². The van der Waals surface area contributed by atoms with Crippen LogP contribution in [0, 0.1) is 5.82 Å². The maximum Gasteiger partial charge on any atom is 0.407 e. The van der Waals surface area contributed by atoms with Gasteiger partial charge in [0.1, 0.15) is 11.9 Å². The molecule has 0 unspecified atom stereocenters. The van der Waals surface area contributed by atoms with Crippen molar-refractivity contribution in [3.8, 4) is 0 Å². The van der Waals surface area contributed by atoms with Gasteiger partial charge in [0.25, 0.3) is 0 Å². The van der Waals surface area contributed by atoms with Crippen LogP contribution < -0.4 is 15.4 Å². The number of alkyl carbamates (subject to hydrolysis) is 1. The van der Waals surface area contributed by atoms with E-state index in [0.717, 1.165) is 24.1 Å². The minimum absolute atomic E-state index is 0.0233. The number of halogens is 1. The van der Waals surface area contributed by atoms with Crippen LogP contribution in [0.5, 0.6) is 0 Å². The summed E-state index contributed by atoms with van der Waals surface area (Å²) in [7, 11) is -3.40. The summed E-state index contributed by atoms with van der Waals surface area (Å²) in [5, 5.41) is 12.9. The summed E-state index contributed by atoms with van der Waals surface area (Å²) in [4.78, 5) is 11.8. The number of H-pyrrole nitrogens is 1. The van der Waals surface area contributed by atoms with Crippen molar-refractivity contribution < 1.29 is 22.3 Å². The number of carbonyl (C=O) groups is 1. The molecule has 11 heteroatoms. The lowest BCUT2D eigenvalue weighted by Crippen LogP contribution is -2.33. The number of nitrogens with zero attached hydrogens (tertiary/aromatic N) is 1. The number of aromatic amines is 1. The number of anilines is 3. The molecule has 1 aliphatic heterocycles. The fourth-order valence-corrected chi connectivity index (χ4v) is 5.09. The Kier molecular flexibility index (Phi) is 5.78. The number of hydrogen-bond acceptors (Lipinski definition) is 6. The smallest absolute Gasteiger partial charge is 0.407 e. The molecular formula is C20H26FN5O4S. The van der Waals surface area contributed by atoms with E-state index in [0.29, 0.717) is 18.7 Å². The highest BCUT2D eigenvalue weighted by Gasteiger charge is 2.30. The fourth-order valence-electron chi connectivity index (χ4n) is 3.98. The third-order valence-corrected chi connectivity index (χ3v) is 6.74. The van der Waals surface area contributed by atoms with E-state index in [1.54, 1.807) is 6.07 Å². The Hall–Kier alpha value is -2.82. The number of aromatic nitrogens is 2. The monoisotopic (exact) mass is 451 g/mol. The second-order valence-electron chi connectivity index (χ2n) is 8.33. The SMILES string of the molecule is CC(C)NC(=O)O[C@H]1CC[C@@H](c2cc(Nc3cc4c(cc3F)NS(=O)(=O)CC4)n[nH]2)C1. The molecule has 4 N–H and O–H groups in total. The molecule has 168 valence electrons. The highest BCUT2D eigenvalue weighted by atomic mass is 32.2. The molecule has 2 heterocycles. The van der Waals surface area contributed by atoms with Crippen LogP contribution in [0.25, 0.3) is 0 Å². The van der Waals surface area contributed by atoms with Gasteiger partial charge in [0.15, 0.2) is 5.82 Å². The molecule has 1 aromatic heterocycles. The van der Waals surface area contributed by atoms with Crippen molar-refractivity contribution in [3.63, 3.8) is 0 Å². The number of hydrogen-bond donors (Lipinski definition) is 4. The number of fused-ring (bicyclic) bond motifs is 1. The van der Waals surface area contributed by atoms with Crippen molar-refractivity contribution in [1.29, 1.82) is 0 Å². The standard InChI is InChI=1S/C20H26FN5O4S/c1-11(2)22-20(27)30-14-4-3-12(7-14)16-10-19(25-24-16)23-18-8-13-5-6-31(28,29)26-17(13)9-15(18)21/h8-12,14,26H,3-7H2,1-2H3,(H,22,27)(H2,23,24,25)/t12-,14+/m1/s1. The zero-order chi connectivity index (χ0) is 22.2. The number of rotatable bonds is 5. The van der Waals surface area contributed by atoms with Crippen LogP contribution in [0.4, 0.5) is 26.4 Å². The van der Waals surface area contributed by atoms with Crippen LogP contribution in [-0.2, 0) is 21.2 Å². The van der Waals surface area contributed by atoms with Gasteiger partial charge in [-0.15, -0.1) is 0 Å². The number of benzene rings is 1. The van der Waals surface area contributed by atoms with Crippen LogP contribution in [0.3, 0.4) is 0 Å². The number of aryl methyl sites for hydroxylation is 1. The summed E-state index contributed by atoms with van der Waals surface area (Å²) >= 11 is 0. The van der Waals surface area contributed by atoms with E-state index >= 15 is 0 Å². The summed E-state index contributed by atoms with van der Waals surface area (Å²) in [6.45, 7) is 3.75. The molecule has 1 amide bonds. The maximum absolute atomic E-state index is 14.5. The Morgan fingerprint density at radius 3 is 2.87 bits per heavy atom. The first-order chi connectivity index (χ1) is 14.7. The summed E-state index contributed by atoms with van der Waals surface area (Å²) in [6.07, 6.45) is 2.09. The molecule has 2 aromatic rings. The Morgan fingerprint density at radius 2 is 2.10 bits per heavy atom. The largest absolute Gasteiger partial charge is 0.446 e. The summed E-state index contributed by atoms with van der Waals surface area (Å²) < 4.78 is 45.7. The number of carbonyl (C=O) groups excluding carboxylic acids is 1. The van der Waals surface area contributed by atoms with Crippen LogP contribution in [0.2, 0.25) is 0 Å². The number of sulfonamides is 1. The van der Waals surface area contributed by atoms with Crippen LogP contribution in [0.1, 0.15) is 50.3 Å². The number of ether oxygens (including phenoxy) is 1. The van der Waals surface area contributed by atoms with E-state index in [1.165, 1.54) is 6.07 Å². The van der Waals surface area contributed by atoms with Crippen molar-refractivity contribution in [1.82, 2.24) is 15.5 Å². The predicted molar refractivity (Wildman–Crippen MR) is 115 cm³/mol. The van der Waals surface area contributed by atoms with Crippen molar-refractivity contribution in [2.75, 3.05) is 15.8 Å². The molecule has 1 fully saturated rings. The first-order valence-electron chi connectivity index (χ1n) is 10.3. The zero-order valence-electron chi connectivity index (χ0n) is 17.4. The number of amides is 1. The molecule has 1 saturated carbocycles. The second kappa shape index (κ2) is 8.37. The molecule has 2 aliphatic rings. The molecule has 9 nitrogen and oxygen atoms in total. The molecule has 0 spiro atoms. The second-order valence-corrected chi connectivity index (χ2v) is 10.2. The van der Waals surface area contributed by atoms with Gasteiger partial charge in [-0.1, -0.05) is 0 Å². The molecule has 1 aliphatic carbocycles. The highest BCUT2D eigenvalue weighted by molar-refractivity contribution is 7.92. The van der Waals surface area contributed by atoms with Crippen molar-refractivity contribution in [2.24, 2.45) is 0 Å². The van der Waals surface area contributed by atoms with Crippen molar-refractivity contribution in [2.45, 2.75) is 57.6 Å². The van der Waals surface area contributed by atoms with Crippen molar-refractivity contribution >= 4 is 33.3 Å². The fraction of sp³-hybridized carbons (Fsp3) is 0.500. The predicted octanol–water partition coefficient (Wildman–Crippen LogP) is 3.36. The highest BCUT2D eigenvalue weighted by Crippen LogP contribution is 2.36. The minimum Gasteiger partial charge on any atom is -0.446 e. The summed E-state index contributed by atoms with van der Waals surface area (Å²) in [6, 6.07) is 4.63. The average molecular weight is 452 g/mol. The Morgan fingerprint density at radius 1 is 1.29 bits per heavy atom. The molecule has 31 heavy (non-hydrogen) atoms. The lowest BCUT2D eigenvalue weighted by atomic mass is 10.0. The van der Waals surface area contributed by atoms with Crippen LogP contribution in [-0.4, -0.2) is 42.6 Å². The van der Waals surface area contributed by atoms with Gasteiger partial charge in [0, 0.05) is 29.8 Å². The molecule has 1 aromatic carbocycles. The first kappa shape index (κ1) is 21.4. The van der Waals surface area contributed by atoms with E-state index < -0.39 is 21.9 Å².